The van der Waals surface area contributed by atoms with E-state index in [4.69, 9.17) is 10.00 Å². The highest BCUT2D eigenvalue weighted by Gasteiger charge is 1.98. The molecule has 3 heteroatoms. The average molecular weight is 162 g/mol. The van der Waals surface area contributed by atoms with Gasteiger partial charge in [-0.05, 0) is 19.9 Å². The van der Waals surface area contributed by atoms with Crippen molar-refractivity contribution in [3.8, 4) is 11.8 Å². The van der Waals surface area contributed by atoms with Crippen LogP contribution in [0.1, 0.15) is 19.5 Å². The normalized spacial score (nSPS) is 9.50. The van der Waals surface area contributed by atoms with Gasteiger partial charge in [-0.2, -0.15) is 5.26 Å². The van der Waals surface area contributed by atoms with Crippen LogP contribution in [0.25, 0.3) is 0 Å². The van der Waals surface area contributed by atoms with Gasteiger partial charge in [0.05, 0.1) is 6.10 Å². The maximum absolute atomic E-state index is 8.53. The summed E-state index contributed by atoms with van der Waals surface area (Å²) in [5.74, 6) is 0.691. The van der Waals surface area contributed by atoms with E-state index in [1.165, 1.54) is 0 Å². The summed E-state index contributed by atoms with van der Waals surface area (Å²) in [6.07, 6.45) is 1.69. The summed E-state index contributed by atoms with van der Waals surface area (Å²) < 4.78 is 5.37. The predicted octanol–water partition coefficient (Wildman–Crippen LogP) is 1.74. The Morgan fingerprint density at radius 1 is 1.58 bits per heavy atom. The first-order chi connectivity index (χ1) is 5.72. The Balaban J connectivity index is 2.81. The maximum Gasteiger partial charge on any atom is 0.144 e. The fraction of sp³-hybridized carbons (Fsp3) is 0.333. The lowest BCUT2D eigenvalue weighted by Crippen LogP contribution is -2.05. The van der Waals surface area contributed by atoms with Crippen LogP contribution in [-0.4, -0.2) is 11.1 Å². The average Bonchev–Trinajstić information content (AvgIpc) is 2.03. The standard InChI is InChI=1S/C9H10N2O/c1-7(2)12-9-3-4-11-8(5-9)6-10/h3-5,7H,1-2H3. The molecule has 0 aliphatic carbocycles. The van der Waals surface area contributed by atoms with Gasteiger partial charge in [0.15, 0.2) is 0 Å². The topological polar surface area (TPSA) is 45.9 Å². The predicted molar refractivity (Wildman–Crippen MR) is 44.7 cm³/mol. The van der Waals surface area contributed by atoms with Crippen molar-refractivity contribution in [3.63, 3.8) is 0 Å². The molecule has 0 unspecified atom stereocenters. The molecule has 0 aliphatic heterocycles. The van der Waals surface area contributed by atoms with E-state index in [1.807, 2.05) is 19.9 Å². The third-order valence-electron chi connectivity index (χ3n) is 1.22. The highest BCUT2D eigenvalue weighted by atomic mass is 16.5. The number of aromatic nitrogens is 1. The van der Waals surface area contributed by atoms with Gasteiger partial charge in [0.2, 0.25) is 0 Å². The fourth-order valence-electron chi connectivity index (χ4n) is 0.818. The zero-order chi connectivity index (χ0) is 8.97. The molecule has 0 saturated heterocycles. The van der Waals surface area contributed by atoms with Crippen LogP contribution in [0, 0.1) is 11.3 Å². The number of nitrogens with zero attached hydrogens (tertiary/aromatic N) is 2. The van der Waals surface area contributed by atoms with Gasteiger partial charge in [0.25, 0.3) is 0 Å². The van der Waals surface area contributed by atoms with E-state index < -0.39 is 0 Å². The van der Waals surface area contributed by atoms with Crippen molar-refractivity contribution in [2.45, 2.75) is 20.0 Å². The SMILES string of the molecule is CC(C)Oc1ccnc(C#N)c1. The van der Waals surface area contributed by atoms with Crippen molar-refractivity contribution in [1.82, 2.24) is 4.98 Å². The summed E-state index contributed by atoms with van der Waals surface area (Å²) >= 11 is 0. The molecule has 0 radical (unpaired) electrons. The van der Waals surface area contributed by atoms with E-state index in [-0.39, 0.29) is 6.10 Å². The minimum Gasteiger partial charge on any atom is -0.491 e. The van der Waals surface area contributed by atoms with Gasteiger partial charge in [-0.25, -0.2) is 4.98 Å². The molecule has 0 fully saturated rings. The molecule has 3 nitrogen and oxygen atoms in total. The minimum absolute atomic E-state index is 0.124. The minimum atomic E-state index is 0.124. The van der Waals surface area contributed by atoms with Crippen LogP contribution in [0.15, 0.2) is 18.3 Å². The van der Waals surface area contributed by atoms with E-state index in [1.54, 1.807) is 18.3 Å². The van der Waals surface area contributed by atoms with E-state index in [0.717, 1.165) is 0 Å². The summed E-state index contributed by atoms with van der Waals surface area (Å²) in [4.78, 5) is 3.82. The van der Waals surface area contributed by atoms with Crippen LogP contribution in [0.2, 0.25) is 0 Å². The van der Waals surface area contributed by atoms with Crippen molar-refractivity contribution in [2.75, 3.05) is 0 Å². The largest absolute Gasteiger partial charge is 0.491 e. The lowest BCUT2D eigenvalue weighted by atomic mass is 10.3. The highest BCUT2D eigenvalue weighted by Crippen LogP contribution is 2.11. The van der Waals surface area contributed by atoms with Crippen LogP contribution in [0.5, 0.6) is 5.75 Å². The zero-order valence-electron chi connectivity index (χ0n) is 7.11. The summed E-state index contributed by atoms with van der Waals surface area (Å²) in [6, 6.07) is 5.31. The molecule has 1 aromatic rings. The van der Waals surface area contributed by atoms with Gasteiger partial charge in [0, 0.05) is 12.3 Å². The first-order valence-electron chi connectivity index (χ1n) is 3.75. The van der Waals surface area contributed by atoms with Gasteiger partial charge in [-0.3, -0.25) is 0 Å². The maximum atomic E-state index is 8.53. The molecule has 0 aromatic carbocycles. The second-order valence-corrected chi connectivity index (χ2v) is 2.66. The number of pyridine rings is 1. The van der Waals surface area contributed by atoms with Gasteiger partial charge in [-0.1, -0.05) is 0 Å². The molecule has 0 saturated carbocycles. The summed E-state index contributed by atoms with van der Waals surface area (Å²) in [5.41, 5.74) is 0.383. The zero-order valence-corrected chi connectivity index (χ0v) is 7.11. The van der Waals surface area contributed by atoms with Crippen LogP contribution < -0.4 is 4.74 Å². The second kappa shape index (κ2) is 3.72. The van der Waals surface area contributed by atoms with Gasteiger partial charge in [-0.15, -0.1) is 0 Å². The molecule has 0 atom stereocenters. The molecule has 0 N–H and O–H groups in total. The van der Waals surface area contributed by atoms with Crippen LogP contribution in [-0.2, 0) is 0 Å². The van der Waals surface area contributed by atoms with E-state index in [9.17, 15) is 0 Å². The van der Waals surface area contributed by atoms with Crippen LogP contribution in [0.4, 0.5) is 0 Å². The molecule has 1 heterocycles. The molecule has 0 aliphatic rings. The third-order valence-corrected chi connectivity index (χ3v) is 1.22. The molecule has 1 rings (SSSR count). The van der Waals surface area contributed by atoms with Crippen molar-refractivity contribution in [1.29, 1.82) is 5.26 Å². The molecular formula is C9H10N2O. The molecule has 0 spiro atoms. The molecule has 1 aromatic heterocycles. The Morgan fingerprint density at radius 2 is 2.33 bits per heavy atom. The Labute approximate surface area is 71.6 Å². The van der Waals surface area contributed by atoms with Crippen molar-refractivity contribution in [2.24, 2.45) is 0 Å². The molecule has 0 amide bonds. The van der Waals surface area contributed by atoms with Crippen LogP contribution in [0.3, 0.4) is 0 Å². The lowest BCUT2D eigenvalue weighted by Gasteiger charge is -2.08. The quantitative estimate of drug-likeness (QED) is 0.665. The van der Waals surface area contributed by atoms with Gasteiger partial charge < -0.3 is 4.74 Å². The van der Waals surface area contributed by atoms with Crippen molar-refractivity contribution < 1.29 is 4.74 Å². The molecular weight excluding hydrogens is 152 g/mol. The molecule has 0 bridgehead atoms. The van der Waals surface area contributed by atoms with Crippen LogP contribution >= 0.6 is 0 Å². The Hall–Kier alpha value is -1.56. The summed E-state index contributed by atoms with van der Waals surface area (Å²) in [7, 11) is 0. The number of nitriles is 1. The second-order valence-electron chi connectivity index (χ2n) is 2.66. The van der Waals surface area contributed by atoms with Gasteiger partial charge in [0.1, 0.15) is 17.5 Å². The van der Waals surface area contributed by atoms with E-state index in [0.29, 0.717) is 11.4 Å². The number of ether oxygens (including phenoxy) is 1. The lowest BCUT2D eigenvalue weighted by molar-refractivity contribution is 0.242. The van der Waals surface area contributed by atoms with E-state index >= 15 is 0 Å². The highest BCUT2D eigenvalue weighted by molar-refractivity contribution is 5.29. The first kappa shape index (κ1) is 8.54. The Morgan fingerprint density at radius 3 is 2.92 bits per heavy atom. The monoisotopic (exact) mass is 162 g/mol. The van der Waals surface area contributed by atoms with Gasteiger partial charge >= 0.3 is 0 Å². The number of rotatable bonds is 2. The number of hydrogen-bond acceptors (Lipinski definition) is 3. The molecule has 62 valence electrons. The van der Waals surface area contributed by atoms with Crippen molar-refractivity contribution >= 4 is 0 Å². The Kier molecular flexibility index (Phi) is 2.65. The number of hydrogen-bond donors (Lipinski definition) is 0. The fourth-order valence-corrected chi connectivity index (χ4v) is 0.818. The smallest absolute Gasteiger partial charge is 0.144 e. The Bertz CT molecular complexity index is 302. The third kappa shape index (κ3) is 2.24. The molecule has 12 heavy (non-hydrogen) atoms. The summed E-state index contributed by atoms with van der Waals surface area (Å²) in [6.45, 7) is 3.87. The van der Waals surface area contributed by atoms with Crippen molar-refractivity contribution in [3.05, 3.63) is 24.0 Å². The summed E-state index contributed by atoms with van der Waals surface area (Å²) in [5, 5.41) is 8.53. The first-order valence-corrected chi connectivity index (χ1v) is 3.75. The van der Waals surface area contributed by atoms with E-state index in [2.05, 4.69) is 4.98 Å².